The van der Waals surface area contributed by atoms with Crippen LogP contribution < -0.4 is 0 Å². The van der Waals surface area contributed by atoms with Crippen LogP contribution in [-0.2, 0) is 14.4 Å². The summed E-state index contributed by atoms with van der Waals surface area (Å²) in [5.74, 6) is 0. The molecule has 1 N–H and O–H groups in total. The Hall–Kier alpha value is -1.02. The van der Waals surface area contributed by atoms with Crippen molar-refractivity contribution in [1.29, 1.82) is 0 Å². The number of amides is 1. The summed E-state index contributed by atoms with van der Waals surface area (Å²) in [5.41, 5.74) is 0. The Morgan fingerprint density at radius 1 is 1.53 bits per heavy atom. The Morgan fingerprint density at radius 3 is 2.71 bits per heavy atom. The second kappa shape index (κ2) is 5.54. The highest BCUT2D eigenvalue weighted by atomic mass is 35.5. The standard InChI is InChI=1S/C8H13ClN2O5S/c1-17(14,15)16-10-7(9)6-4-2-3-5-11(6)8(12)13/h6H,2-5H2,1H3,(H,12,13)/b10-7-. The highest BCUT2D eigenvalue weighted by molar-refractivity contribution is 7.85. The summed E-state index contributed by atoms with van der Waals surface area (Å²) in [5, 5.41) is 12.0. The lowest BCUT2D eigenvalue weighted by atomic mass is 10.0. The first-order valence-corrected chi connectivity index (χ1v) is 7.12. The Bertz CT molecular complexity index is 422. The fourth-order valence-corrected chi connectivity index (χ4v) is 2.09. The Kier molecular flexibility index (Phi) is 4.58. The number of nitrogens with zero attached hydrogens (tertiary/aromatic N) is 2. The number of rotatable bonds is 3. The van der Waals surface area contributed by atoms with Crippen molar-refractivity contribution < 1.29 is 22.6 Å². The van der Waals surface area contributed by atoms with Crippen LogP contribution in [0.25, 0.3) is 0 Å². The number of likely N-dealkylation sites (tertiary alicyclic amines) is 1. The zero-order valence-corrected chi connectivity index (χ0v) is 10.7. The van der Waals surface area contributed by atoms with Crippen LogP contribution in [0.1, 0.15) is 19.3 Å². The molecule has 1 rings (SSSR count). The molecule has 1 aliphatic heterocycles. The predicted octanol–water partition coefficient (Wildman–Crippen LogP) is 1.05. The van der Waals surface area contributed by atoms with Crippen LogP contribution in [0.4, 0.5) is 4.79 Å². The van der Waals surface area contributed by atoms with Gasteiger partial charge in [-0.1, -0.05) is 16.8 Å². The number of piperidine rings is 1. The van der Waals surface area contributed by atoms with Gasteiger partial charge in [-0.2, -0.15) is 8.42 Å². The highest BCUT2D eigenvalue weighted by Gasteiger charge is 2.30. The summed E-state index contributed by atoms with van der Waals surface area (Å²) in [4.78, 5) is 12.0. The normalized spacial score (nSPS) is 22.4. The third-order valence-corrected chi connectivity index (χ3v) is 2.95. The topological polar surface area (TPSA) is 96.3 Å². The molecule has 0 bridgehead atoms. The van der Waals surface area contributed by atoms with Gasteiger partial charge in [0.05, 0.1) is 12.3 Å². The van der Waals surface area contributed by atoms with E-state index in [0.29, 0.717) is 13.0 Å². The fourth-order valence-electron chi connectivity index (χ4n) is 1.57. The van der Waals surface area contributed by atoms with Crippen LogP contribution in [0.2, 0.25) is 0 Å². The lowest BCUT2D eigenvalue weighted by Gasteiger charge is -2.31. The Morgan fingerprint density at radius 2 is 2.18 bits per heavy atom. The molecule has 0 spiro atoms. The summed E-state index contributed by atoms with van der Waals surface area (Å²) >= 11 is 5.76. The molecule has 0 radical (unpaired) electrons. The van der Waals surface area contributed by atoms with Crippen molar-refractivity contribution in [3.8, 4) is 0 Å². The van der Waals surface area contributed by atoms with Crippen molar-refractivity contribution in [3.63, 3.8) is 0 Å². The molecule has 1 amide bonds. The average Bonchev–Trinajstić information content (AvgIpc) is 2.25. The monoisotopic (exact) mass is 284 g/mol. The van der Waals surface area contributed by atoms with Gasteiger partial charge in [-0.3, -0.25) is 9.18 Å². The van der Waals surface area contributed by atoms with Crippen LogP contribution in [0.3, 0.4) is 0 Å². The molecule has 1 fully saturated rings. The summed E-state index contributed by atoms with van der Waals surface area (Å²) < 4.78 is 25.6. The molecule has 0 aliphatic carbocycles. The number of carbonyl (C=O) groups is 1. The maximum atomic E-state index is 10.9. The van der Waals surface area contributed by atoms with Gasteiger partial charge in [-0.15, -0.1) is 0 Å². The molecular weight excluding hydrogens is 272 g/mol. The smallest absolute Gasteiger partial charge is 0.407 e. The fraction of sp³-hybridized carbons (Fsp3) is 0.750. The largest absolute Gasteiger partial charge is 0.465 e. The first-order valence-electron chi connectivity index (χ1n) is 4.93. The van der Waals surface area contributed by atoms with Crippen molar-refractivity contribution in [1.82, 2.24) is 4.90 Å². The second-order valence-corrected chi connectivity index (χ2v) is 5.62. The third-order valence-electron chi connectivity index (χ3n) is 2.28. The molecule has 1 saturated heterocycles. The van der Waals surface area contributed by atoms with Gasteiger partial charge in [-0.05, 0) is 19.3 Å². The molecule has 0 aromatic carbocycles. The zero-order chi connectivity index (χ0) is 13.1. The van der Waals surface area contributed by atoms with E-state index in [-0.39, 0.29) is 5.17 Å². The summed E-state index contributed by atoms with van der Waals surface area (Å²) in [6.45, 7) is 0.352. The maximum absolute atomic E-state index is 10.9. The minimum Gasteiger partial charge on any atom is -0.465 e. The van der Waals surface area contributed by atoms with Crippen molar-refractivity contribution >= 4 is 33.0 Å². The van der Waals surface area contributed by atoms with Crippen LogP contribution >= 0.6 is 11.6 Å². The number of oxime groups is 1. The quantitative estimate of drug-likeness (QED) is 0.617. The van der Waals surface area contributed by atoms with Gasteiger partial charge in [-0.25, -0.2) is 4.79 Å². The van der Waals surface area contributed by atoms with Crippen molar-refractivity contribution in [3.05, 3.63) is 0 Å². The van der Waals surface area contributed by atoms with Crippen LogP contribution in [0.5, 0.6) is 0 Å². The van der Waals surface area contributed by atoms with E-state index < -0.39 is 22.3 Å². The summed E-state index contributed by atoms with van der Waals surface area (Å²) in [6, 6.07) is -0.635. The van der Waals surface area contributed by atoms with Gasteiger partial charge >= 0.3 is 16.2 Å². The highest BCUT2D eigenvalue weighted by Crippen LogP contribution is 2.20. The first-order chi connectivity index (χ1) is 7.81. The summed E-state index contributed by atoms with van der Waals surface area (Å²) in [6.07, 6.45) is 1.78. The maximum Gasteiger partial charge on any atom is 0.407 e. The first kappa shape index (κ1) is 14.0. The molecule has 17 heavy (non-hydrogen) atoms. The molecule has 0 aromatic heterocycles. The average molecular weight is 285 g/mol. The van der Waals surface area contributed by atoms with Crippen molar-refractivity contribution in [2.75, 3.05) is 12.8 Å². The van der Waals surface area contributed by atoms with Gasteiger partial charge in [0.25, 0.3) is 0 Å². The minimum absolute atomic E-state index is 0.169. The molecular formula is C8H13ClN2O5S. The van der Waals surface area contributed by atoms with Gasteiger partial charge in [0, 0.05) is 6.54 Å². The van der Waals surface area contributed by atoms with E-state index in [2.05, 4.69) is 9.44 Å². The molecule has 98 valence electrons. The number of hydrogen-bond acceptors (Lipinski definition) is 5. The predicted molar refractivity (Wildman–Crippen MR) is 61.6 cm³/mol. The van der Waals surface area contributed by atoms with Crippen LogP contribution in [0, 0.1) is 0 Å². The minimum atomic E-state index is -3.73. The van der Waals surface area contributed by atoms with Crippen LogP contribution in [0.15, 0.2) is 5.16 Å². The van der Waals surface area contributed by atoms with Gasteiger partial charge in [0.15, 0.2) is 5.17 Å². The molecule has 0 saturated carbocycles. The van der Waals surface area contributed by atoms with E-state index in [0.717, 1.165) is 24.0 Å². The molecule has 1 atom stereocenters. The van der Waals surface area contributed by atoms with Gasteiger partial charge in [0.1, 0.15) is 0 Å². The Balaban J connectivity index is 2.78. The van der Waals surface area contributed by atoms with Crippen molar-refractivity contribution in [2.24, 2.45) is 5.16 Å². The lowest BCUT2D eigenvalue weighted by molar-refractivity contribution is 0.124. The molecule has 7 nitrogen and oxygen atoms in total. The van der Waals surface area contributed by atoms with E-state index >= 15 is 0 Å². The van der Waals surface area contributed by atoms with Gasteiger partial charge in [0.2, 0.25) is 0 Å². The summed E-state index contributed by atoms with van der Waals surface area (Å²) in [7, 11) is -3.73. The van der Waals surface area contributed by atoms with E-state index in [1.165, 1.54) is 0 Å². The van der Waals surface area contributed by atoms with Gasteiger partial charge < -0.3 is 5.11 Å². The Labute approximate surface area is 104 Å². The van der Waals surface area contributed by atoms with E-state index in [9.17, 15) is 13.2 Å². The SMILES string of the molecule is CS(=O)(=O)O/N=C(\Cl)C1CCCCN1C(=O)O. The second-order valence-electron chi connectivity index (χ2n) is 3.68. The number of hydrogen-bond donors (Lipinski definition) is 1. The van der Waals surface area contributed by atoms with E-state index in [4.69, 9.17) is 16.7 Å². The molecule has 1 unspecified atom stereocenters. The molecule has 1 heterocycles. The molecule has 9 heteroatoms. The van der Waals surface area contributed by atoms with Crippen molar-refractivity contribution in [2.45, 2.75) is 25.3 Å². The lowest BCUT2D eigenvalue weighted by Crippen LogP contribution is -2.46. The van der Waals surface area contributed by atoms with Crippen LogP contribution in [-0.4, -0.2) is 48.5 Å². The molecule has 1 aliphatic rings. The van der Waals surface area contributed by atoms with E-state index in [1.807, 2.05) is 0 Å². The van der Waals surface area contributed by atoms with E-state index in [1.54, 1.807) is 0 Å². The molecule has 0 aromatic rings. The third kappa shape index (κ3) is 4.39. The number of halogens is 1. The zero-order valence-electron chi connectivity index (χ0n) is 9.17. The number of carboxylic acid groups (broad SMARTS) is 1.